The van der Waals surface area contributed by atoms with Gasteiger partial charge < -0.3 is 20.1 Å². The largest absolute Gasteiger partial charge is 0.408 e. The van der Waals surface area contributed by atoms with E-state index in [1.54, 1.807) is 36.1 Å². The van der Waals surface area contributed by atoms with E-state index in [1.807, 2.05) is 0 Å². The van der Waals surface area contributed by atoms with E-state index in [1.165, 1.54) is 40.7 Å². The molecule has 0 spiro atoms. The van der Waals surface area contributed by atoms with Gasteiger partial charge in [-0.05, 0) is 49.6 Å². The maximum Gasteiger partial charge on any atom is 0.408 e. The quantitative estimate of drug-likeness (QED) is 0.304. The van der Waals surface area contributed by atoms with Crippen LogP contribution in [0.1, 0.15) is 23.0 Å². The zero-order chi connectivity index (χ0) is 27.1. The number of carbonyl (C=O) groups excluding carboxylic acids is 3. The molecule has 14 heteroatoms. The standard InChI is InChI=1S/C23H25F4N5O3S2/c1-11-6-14(4-5-15(11)24)29-20(33)18-19-17(9-31(18)3)37-30-16-8-32(7-13(16)10-36-19)22(35)21(34)28-12(2)23(25,26)27/h4-6,9,12-13,16,30H,7-8,10H2,1-3H3,(H,28,34)(H,29,33)/t12-,13-,16-/m0/s1. The smallest absolute Gasteiger partial charge is 0.344 e. The van der Waals surface area contributed by atoms with Crippen LogP contribution in [-0.2, 0) is 16.6 Å². The molecule has 3 N–H and O–H groups in total. The number of aryl methyl sites for hydroxylation is 2. The normalized spacial score (nSPS) is 20.4. The van der Waals surface area contributed by atoms with Crippen molar-refractivity contribution in [1.82, 2.24) is 19.5 Å². The Labute approximate surface area is 219 Å². The Morgan fingerprint density at radius 3 is 2.62 bits per heavy atom. The number of likely N-dealkylation sites (tertiary alicyclic amines) is 1. The average molecular weight is 560 g/mol. The summed E-state index contributed by atoms with van der Waals surface area (Å²) in [6.07, 6.45) is -2.85. The van der Waals surface area contributed by atoms with Crippen molar-refractivity contribution in [1.29, 1.82) is 0 Å². The Morgan fingerprint density at radius 1 is 1.22 bits per heavy atom. The van der Waals surface area contributed by atoms with Gasteiger partial charge in [-0.1, -0.05) is 0 Å². The molecule has 1 aromatic carbocycles. The molecule has 2 aliphatic rings. The molecule has 4 rings (SSSR count). The number of rotatable bonds is 3. The molecular formula is C23H25F4N5O3S2. The van der Waals surface area contributed by atoms with Gasteiger partial charge in [-0.3, -0.25) is 19.1 Å². The molecule has 3 amide bonds. The number of carbonyl (C=O) groups is 3. The molecule has 2 aliphatic heterocycles. The minimum atomic E-state index is -4.65. The first kappa shape index (κ1) is 27.3. The minimum absolute atomic E-state index is 0.0988. The molecule has 0 bridgehead atoms. The molecule has 1 aromatic heterocycles. The highest BCUT2D eigenvalue weighted by Gasteiger charge is 2.42. The molecule has 0 radical (unpaired) electrons. The van der Waals surface area contributed by atoms with Crippen molar-refractivity contribution in [2.24, 2.45) is 13.0 Å². The molecule has 200 valence electrons. The maximum atomic E-state index is 13.6. The van der Waals surface area contributed by atoms with Gasteiger partial charge in [0.2, 0.25) is 0 Å². The van der Waals surface area contributed by atoms with Crippen molar-refractivity contribution in [3.8, 4) is 0 Å². The second-order valence-corrected chi connectivity index (χ2v) is 11.0. The highest BCUT2D eigenvalue weighted by atomic mass is 32.2. The van der Waals surface area contributed by atoms with Gasteiger partial charge in [0.05, 0.1) is 9.79 Å². The van der Waals surface area contributed by atoms with Crippen LogP contribution in [0.3, 0.4) is 0 Å². The van der Waals surface area contributed by atoms with Crippen molar-refractivity contribution in [3.05, 3.63) is 41.5 Å². The third-order valence-corrected chi connectivity index (χ3v) is 8.63. The topological polar surface area (TPSA) is 95.5 Å². The van der Waals surface area contributed by atoms with Gasteiger partial charge >= 0.3 is 18.0 Å². The van der Waals surface area contributed by atoms with Crippen LogP contribution >= 0.6 is 23.7 Å². The maximum absolute atomic E-state index is 13.6. The van der Waals surface area contributed by atoms with Crippen LogP contribution in [0.4, 0.5) is 23.2 Å². The van der Waals surface area contributed by atoms with E-state index < -0.39 is 24.0 Å². The van der Waals surface area contributed by atoms with Gasteiger partial charge in [-0.25, -0.2) is 4.39 Å². The molecule has 2 aromatic rings. The summed E-state index contributed by atoms with van der Waals surface area (Å²) in [5.41, 5.74) is 1.28. The number of nitrogens with one attached hydrogen (secondary N) is 3. The lowest BCUT2D eigenvalue weighted by atomic mass is 10.1. The molecule has 3 atom stereocenters. The Hall–Kier alpha value is -2.71. The summed E-state index contributed by atoms with van der Waals surface area (Å²) in [6.45, 7) is 2.74. The van der Waals surface area contributed by atoms with Crippen molar-refractivity contribution >= 4 is 47.1 Å². The van der Waals surface area contributed by atoms with Gasteiger partial charge in [0.25, 0.3) is 5.91 Å². The van der Waals surface area contributed by atoms with E-state index in [0.717, 1.165) is 16.7 Å². The fourth-order valence-electron chi connectivity index (χ4n) is 4.12. The fraction of sp³-hybridized carbons (Fsp3) is 0.435. The van der Waals surface area contributed by atoms with Crippen LogP contribution in [0.5, 0.6) is 0 Å². The Bertz CT molecular complexity index is 1240. The van der Waals surface area contributed by atoms with Crippen molar-refractivity contribution in [3.63, 3.8) is 0 Å². The summed E-state index contributed by atoms with van der Waals surface area (Å²) in [5, 5.41) is 4.51. The highest BCUT2D eigenvalue weighted by molar-refractivity contribution is 8.01. The van der Waals surface area contributed by atoms with Gasteiger partial charge in [-0.15, -0.1) is 11.8 Å². The first-order valence-electron chi connectivity index (χ1n) is 11.3. The SMILES string of the molecule is Cc1cc(NC(=O)c2c3c(cn2C)SN[C@H]2CN(C(=O)C(=O)N[C@@H](C)C(F)(F)F)C[C@H]2CS3)ccc1F. The number of aromatic nitrogens is 1. The first-order valence-corrected chi connectivity index (χ1v) is 13.1. The van der Waals surface area contributed by atoms with E-state index in [-0.39, 0.29) is 36.8 Å². The number of nitrogens with zero attached hydrogens (tertiary/aromatic N) is 2. The van der Waals surface area contributed by atoms with Crippen LogP contribution in [-0.4, -0.2) is 64.3 Å². The second kappa shape index (κ2) is 10.6. The molecule has 8 nitrogen and oxygen atoms in total. The second-order valence-electron chi connectivity index (χ2n) is 9.04. The molecule has 37 heavy (non-hydrogen) atoms. The number of benzene rings is 1. The number of alkyl halides is 3. The summed E-state index contributed by atoms with van der Waals surface area (Å²) >= 11 is 2.73. The average Bonchev–Trinajstić information content (AvgIpc) is 3.35. The Morgan fingerprint density at radius 2 is 1.95 bits per heavy atom. The molecule has 0 saturated carbocycles. The Balaban J connectivity index is 1.44. The fourth-order valence-corrected chi connectivity index (χ4v) is 6.65. The predicted octanol–water partition coefficient (Wildman–Crippen LogP) is 3.32. The zero-order valence-electron chi connectivity index (χ0n) is 20.1. The molecule has 0 aliphatic carbocycles. The highest BCUT2D eigenvalue weighted by Crippen LogP contribution is 2.40. The van der Waals surface area contributed by atoms with Gasteiger partial charge in [-0.2, -0.15) is 13.2 Å². The molecule has 3 heterocycles. The van der Waals surface area contributed by atoms with Crippen molar-refractivity contribution in [2.45, 2.75) is 41.9 Å². The molecular weight excluding hydrogens is 534 g/mol. The number of anilines is 1. The Kier molecular flexibility index (Phi) is 7.81. The van der Waals surface area contributed by atoms with Crippen LogP contribution in [0.2, 0.25) is 0 Å². The van der Waals surface area contributed by atoms with Gasteiger partial charge in [0.1, 0.15) is 17.6 Å². The monoisotopic (exact) mass is 559 g/mol. The van der Waals surface area contributed by atoms with Gasteiger partial charge in [0, 0.05) is 49.7 Å². The van der Waals surface area contributed by atoms with Crippen molar-refractivity contribution in [2.75, 3.05) is 24.2 Å². The summed E-state index contributed by atoms with van der Waals surface area (Å²) < 4.78 is 56.8. The van der Waals surface area contributed by atoms with Crippen LogP contribution in [0, 0.1) is 18.7 Å². The number of hydrogen-bond acceptors (Lipinski definition) is 6. The van der Waals surface area contributed by atoms with E-state index in [9.17, 15) is 31.9 Å². The van der Waals surface area contributed by atoms with E-state index >= 15 is 0 Å². The summed E-state index contributed by atoms with van der Waals surface area (Å²) in [4.78, 5) is 40.5. The lowest BCUT2D eigenvalue weighted by molar-refractivity contribution is -0.162. The van der Waals surface area contributed by atoms with Crippen LogP contribution in [0.25, 0.3) is 0 Å². The lowest BCUT2D eigenvalue weighted by Crippen LogP contribution is -2.50. The third-order valence-electron chi connectivity index (χ3n) is 6.26. The van der Waals surface area contributed by atoms with Crippen molar-refractivity contribution < 1.29 is 31.9 Å². The predicted molar refractivity (Wildman–Crippen MR) is 132 cm³/mol. The summed E-state index contributed by atoms with van der Waals surface area (Å²) in [5.74, 6) is -2.62. The number of fused-ring (bicyclic) bond motifs is 2. The van der Waals surface area contributed by atoms with Crippen LogP contribution in [0.15, 0.2) is 34.2 Å². The molecule has 0 unspecified atom stereocenters. The van der Waals surface area contributed by atoms with E-state index in [0.29, 0.717) is 22.7 Å². The minimum Gasteiger partial charge on any atom is -0.344 e. The number of thioether (sulfide) groups is 1. The van der Waals surface area contributed by atoms with E-state index in [2.05, 4.69) is 10.0 Å². The molecule has 1 fully saturated rings. The first-order chi connectivity index (χ1) is 17.3. The molecule has 1 saturated heterocycles. The van der Waals surface area contributed by atoms with Crippen LogP contribution < -0.4 is 15.4 Å². The number of hydrogen-bond donors (Lipinski definition) is 3. The van der Waals surface area contributed by atoms with Gasteiger partial charge in [0.15, 0.2) is 0 Å². The number of amides is 3. The number of halogens is 4. The lowest BCUT2D eigenvalue weighted by Gasteiger charge is -2.22. The summed E-state index contributed by atoms with van der Waals surface area (Å²) in [7, 11) is 1.75. The summed E-state index contributed by atoms with van der Waals surface area (Å²) in [6, 6.07) is 1.98. The van der Waals surface area contributed by atoms with E-state index in [4.69, 9.17) is 0 Å². The zero-order valence-corrected chi connectivity index (χ0v) is 21.7. The third kappa shape index (κ3) is 5.91.